The summed E-state index contributed by atoms with van der Waals surface area (Å²) in [6.07, 6.45) is 0. The van der Waals surface area contributed by atoms with Gasteiger partial charge in [-0.2, -0.15) is 5.10 Å². The fraction of sp³-hybridized carbons (Fsp3) is 0.500. The molecule has 0 atom stereocenters. The summed E-state index contributed by atoms with van der Waals surface area (Å²) < 4.78 is 0. The molecule has 4 N–H and O–H groups in total. The Labute approximate surface area is 99.4 Å². The molecule has 0 saturated carbocycles. The van der Waals surface area contributed by atoms with Crippen LogP contribution in [0.15, 0.2) is 6.07 Å². The lowest BCUT2D eigenvalue weighted by Gasteiger charge is -2.18. The molecule has 1 aromatic heterocycles. The zero-order valence-electron chi connectivity index (χ0n) is 9.99. The summed E-state index contributed by atoms with van der Waals surface area (Å²) in [6.45, 7) is 5.00. The first-order valence-corrected chi connectivity index (χ1v) is 5.45. The fourth-order valence-electron chi connectivity index (χ4n) is 1.39. The van der Waals surface area contributed by atoms with Crippen molar-refractivity contribution in [3.63, 3.8) is 0 Å². The van der Waals surface area contributed by atoms with Gasteiger partial charge in [0.15, 0.2) is 0 Å². The number of nitrogens with one attached hydrogen (secondary N) is 2. The molecular weight excluding hydrogens is 222 g/mol. The predicted octanol–water partition coefficient (Wildman–Crippen LogP) is -0.410. The van der Waals surface area contributed by atoms with E-state index in [1.807, 2.05) is 13.8 Å². The summed E-state index contributed by atoms with van der Waals surface area (Å²) >= 11 is 0. The van der Waals surface area contributed by atoms with Gasteiger partial charge in [0.05, 0.1) is 6.54 Å². The zero-order valence-corrected chi connectivity index (χ0v) is 9.99. The molecule has 0 saturated heterocycles. The Morgan fingerprint density at radius 2 is 2.12 bits per heavy atom. The van der Waals surface area contributed by atoms with E-state index in [9.17, 15) is 9.59 Å². The summed E-state index contributed by atoms with van der Waals surface area (Å²) in [7, 11) is 0. The molecule has 0 radical (unpaired) electrons. The van der Waals surface area contributed by atoms with Gasteiger partial charge in [-0.1, -0.05) is 0 Å². The number of nitrogen functional groups attached to an aromatic ring is 1. The topological polar surface area (TPSA) is 104 Å². The third kappa shape index (κ3) is 3.47. The van der Waals surface area contributed by atoms with Crippen molar-refractivity contribution in [2.45, 2.75) is 13.8 Å². The third-order valence-corrected chi connectivity index (χ3v) is 2.36. The van der Waals surface area contributed by atoms with Gasteiger partial charge in [0.1, 0.15) is 11.5 Å². The van der Waals surface area contributed by atoms with Crippen LogP contribution in [0.3, 0.4) is 0 Å². The zero-order chi connectivity index (χ0) is 12.8. The van der Waals surface area contributed by atoms with Crippen LogP contribution in [0.4, 0.5) is 5.82 Å². The van der Waals surface area contributed by atoms with Crippen molar-refractivity contribution in [2.75, 3.05) is 25.4 Å². The number of nitrogens with zero attached hydrogens (tertiary/aromatic N) is 2. The molecule has 1 rings (SSSR count). The van der Waals surface area contributed by atoms with Crippen LogP contribution in [0.2, 0.25) is 0 Å². The van der Waals surface area contributed by atoms with Crippen LogP contribution in [-0.2, 0) is 4.79 Å². The van der Waals surface area contributed by atoms with Crippen molar-refractivity contribution in [1.29, 1.82) is 0 Å². The van der Waals surface area contributed by atoms with Crippen LogP contribution < -0.4 is 11.1 Å². The Kier molecular flexibility index (Phi) is 4.50. The van der Waals surface area contributed by atoms with Crippen molar-refractivity contribution >= 4 is 17.6 Å². The van der Waals surface area contributed by atoms with Crippen LogP contribution in [0, 0.1) is 0 Å². The fourth-order valence-corrected chi connectivity index (χ4v) is 1.39. The molecular formula is C10H17N5O2. The number of likely N-dealkylation sites (N-methyl/N-ethyl adjacent to an activating group) is 1. The van der Waals surface area contributed by atoms with Gasteiger partial charge in [0.25, 0.3) is 5.91 Å². The van der Waals surface area contributed by atoms with E-state index in [0.717, 1.165) is 0 Å². The first-order chi connectivity index (χ1) is 8.08. The Balaban J connectivity index is 2.46. The highest BCUT2D eigenvalue weighted by atomic mass is 16.2. The summed E-state index contributed by atoms with van der Waals surface area (Å²) in [5.41, 5.74) is 5.61. The average molecular weight is 239 g/mol. The van der Waals surface area contributed by atoms with Gasteiger partial charge in [-0.3, -0.25) is 14.7 Å². The first kappa shape index (κ1) is 13.0. The maximum Gasteiger partial charge on any atom is 0.269 e. The molecule has 0 aliphatic rings. The minimum absolute atomic E-state index is 0.0283. The largest absolute Gasteiger partial charge is 0.382 e. The highest BCUT2D eigenvalue weighted by Crippen LogP contribution is 1.99. The molecule has 1 heterocycles. The molecule has 94 valence electrons. The van der Waals surface area contributed by atoms with Crippen LogP contribution >= 0.6 is 0 Å². The van der Waals surface area contributed by atoms with E-state index >= 15 is 0 Å². The second-order valence-electron chi connectivity index (χ2n) is 3.46. The Bertz CT molecular complexity index is 397. The van der Waals surface area contributed by atoms with Crippen LogP contribution in [0.1, 0.15) is 24.3 Å². The highest BCUT2D eigenvalue weighted by molar-refractivity contribution is 5.95. The second kappa shape index (κ2) is 5.88. The average Bonchev–Trinajstić information content (AvgIpc) is 2.74. The first-order valence-electron chi connectivity index (χ1n) is 5.45. The van der Waals surface area contributed by atoms with Crippen molar-refractivity contribution in [3.05, 3.63) is 11.8 Å². The van der Waals surface area contributed by atoms with Gasteiger partial charge in [-0.15, -0.1) is 0 Å². The molecule has 0 aliphatic heterocycles. The molecule has 0 aliphatic carbocycles. The summed E-state index contributed by atoms with van der Waals surface area (Å²) in [4.78, 5) is 24.8. The molecule has 0 aromatic carbocycles. The minimum Gasteiger partial charge on any atom is -0.382 e. The van der Waals surface area contributed by atoms with Crippen LogP contribution in [0.5, 0.6) is 0 Å². The lowest BCUT2D eigenvalue weighted by atomic mass is 10.4. The van der Waals surface area contributed by atoms with Crippen molar-refractivity contribution in [2.24, 2.45) is 0 Å². The highest BCUT2D eigenvalue weighted by Gasteiger charge is 2.13. The molecule has 0 bridgehead atoms. The Morgan fingerprint density at radius 1 is 1.47 bits per heavy atom. The Morgan fingerprint density at radius 3 is 2.59 bits per heavy atom. The molecule has 7 heteroatoms. The number of H-pyrrole nitrogens is 1. The van der Waals surface area contributed by atoms with Gasteiger partial charge in [0, 0.05) is 19.2 Å². The number of aromatic nitrogens is 2. The Hall–Kier alpha value is -2.05. The quantitative estimate of drug-likeness (QED) is 0.649. The van der Waals surface area contributed by atoms with Crippen LogP contribution in [-0.4, -0.2) is 46.5 Å². The normalized spacial score (nSPS) is 10.0. The number of amides is 2. The monoisotopic (exact) mass is 239 g/mol. The number of rotatable bonds is 5. The van der Waals surface area contributed by atoms with Gasteiger partial charge in [-0.05, 0) is 13.8 Å². The summed E-state index contributed by atoms with van der Waals surface area (Å²) in [5.74, 6) is -0.268. The van der Waals surface area contributed by atoms with Gasteiger partial charge in [0.2, 0.25) is 5.91 Å². The van der Waals surface area contributed by atoms with Crippen molar-refractivity contribution in [1.82, 2.24) is 20.4 Å². The SMILES string of the molecule is CCN(CC)C(=O)CNC(=O)c1cc(N)n[nH]1. The van der Waals surface area contributed by atoms with E-state index < -0.39 is 5.91 Å². The van der Waals surface area contributed by atoms with Gasteiger partial charge < -0.3 is 16.0 Å². The number of hydrogen-bond acceptors (Lipinski definition) is 4. The third-order valence-electron chi connectivity index (χ3n) is 2.36. The maximum absolute atomic E-state index is 11.6. The number of carbonyl (C=O) groups is 2. The lowest BCUT2D eigenvalue weighted by Crippen LogP contribution is -2.40. The lowest BCUT2D eigenvalue weighted by molar-refractivity contribution is -0.129. The predicted molar refractivity (Wildman–Crippen MR) is 63.3 cm³/mol. The van der Waals surface area contributed by atoms with E-state index in [-0.39, 0.29) is 24.0 Å². The number of aromatic amines is 1. The summed E-state index contributed by atoms with van der Waals surface area (Å²) in [5, 5.41) is 8.61. The van der Waals surface area contributed by atoms with Gasteiger partial charge in [-0.25, -0.2) is 0 Å². The molecule has 2 amide bonds. The molecule has 0 unspecified atom stereocenters. The second-order valence-corrected chi connectivity index (χ2v) is 3.46. The van der Waals surface area contributed by atoms with Crippen molar-refractivity contribution in [3.8, 4) is 0 Å². The maximum atomic E-state index is 11.6. The van der Waals surface area contributed by atoms with Crippen molar-refractivity contribution < 1.29 is 9.59 Å². The van der Waals surface area contributed by atoms with E-state index in [4.69, 9.17) is 5.73 Å². The number of nitrogens with two attached hydrogens (primary N) is 1. The molecule has 0 spiro atoms. The summed E-state index contributed by atoms with van der Waals surface area (Å²) in [6, 6.07) is 1.41. The molecule has 0 fully saturated rings. The smallest absolute Gasteiger partial charge is 0.269 e. The van der Waals surface area contributed by atoms with E-state index in [1.54, 1.807) is 4.90 Å². The standard InChI is InChI=1S/C10H17N5O2/c1-3-15(4-2)9(16)6-12-10(17)7-5-8(11)14-13-7/h5H,3-4,6H2,1-2H3,(H,12,17)(H3,11,13,14). The molecule has 17 heavy (non-hydrogen) atoms. The molecule has 1 aromatic rings. The van der Waals surface area contributed by atoms with Crippen LogP contribution in [0.25, 0.3) is 0 Å². The number of hydrogen-bond donors (Lipinski definition) is 3. The van der Waals surface area contributed by atoms with E-state index in [1.165, 1.54) is 6.07 Å². The van der Waals surface area contributed by atoms with E-state index in [0.29, 0.717) is 13.1 Å². The van der Waals surface area contributed by atoms with Gasteiger partial charge >= 0.3 is 0 Å². The number of carbonyl (C=O) groups excluding carboxylic acids is 2. The number of anilines is 1. The minimum atomic E-state index is -0.394. The van der Waals surface area contributed by atoms with E-state index in [2.05, 4.69) is 15.5 Å². The molecule has 7 nitrogen and oxygen atoms in total.